The van der Waals surface area contributed by atoms with Crippen molar-refractivity contribution in [2.24, 2.45) is 0 Å². The van der Waals surface area contributed by atoms with Crippen molar-refractivity contribution >= 4 is 11.6 Å². The van der Waals surface area contributed by atoms with Crippen LogP contribution in [0.4, 0.5) is 0 Å². The fraction of sp³-hybridized carbons (Fsp3) is 0.231. The third-order valence-electron chi connectivity index (χ3n) is 2.49. The monoisotopic (exact) mass is 235 g/mol. The van der Waals surface area contributed by atoms with Crippen LogP contribution in [0.3, 0.4) is 0 Å². The van der Waals surface area contributed by atoms with Crippen molar-refractivity contribution in [3.05, 3.63) is 47.7 Å². The lowest BCUT2D eigenvalue weighted by atomic mass is 10.1. The van der Waals surface area contributed by atoms with Gasteiger partial charge in [0, 0.05) is 42.2 Å². The summed E-state index contributed by atoms with van der Waals surface area (Å²) in [5.74, 6) is 0. The topological polar surface area (TPSA) is 14.2 Å². The molecule has 1 aromatic carbocycles. The minimum atomic E-state index is 0.719. The Kier molecular flexibility index (Phi) is 3.65. The molecule has 0 amide bonds. The SMILES string of the molecule is COCCn1ccc(-c2ccccc2Cl)c1. The zero-order chi connectivity index (χ0) is 11.4. The van der Waals surface area contributed by atoms with E-state index in [-0.39, 0.29) is 0 Å². The number of ether oxygens (including phenoxy) is 1. The first-order chi connectivity index (χ1) is 7.81. The van der Waals surface area contributed by atoms with Gasteiger partial charge in [-0.2, -0.15) is 0 Å². The molecule has 2 rings (SSSR count). The van der Waals surface area contributed by atoms with Crippen LogP contribution in [0.25, 0.3) is 11.1 Å². The maximum absolute atomic E-state index is 6.14. The summed E-state index contributed by atoms with van der Waals surface area (Å²) in [5, 5.41) is 0.784. The van der Waals surface area contributed by atoms with Crippen LogP contribution in [-0.2, 0) is 11.3 Å². The number of hydrogen-bond donors (Lipinski definition) is 0. The van der Waals surface area contributed by atoms with Gasteiger partial charge < -0.3 is 9.30 Å². The van der Waals surface area contributed by atoms with Crippen molar-refractivity contribution in [3.8, 4) is 11.1 Å². The Balaban J connectivity index is 2.22. The lowest BCUT2D eigenvalue weighted by molar-refractivity contribution is 0.187. The maximum Gasteiger partial charge on any atom is 0.0641 e. The highest BCUT2D eigenvalue weighted by molar-refractivity contribution is 6.33. The molecule has 0 radical (unpaired) electrons. The molecular weight excluding hydrogens is 222 g/mol. The fourth-order valence-corrected chi connectivity index (χ4v) is 1.88. The molecule has 0 fully saturated rings. The fourth-order valence-electron chi connectivity index (χ4n) is 1.63. The predicted octanol–water partition coefficient (Wildman–Crippen LogP) is 3.45. The summed E-state index contributed by atoms with van der Waals surface area (Å²) >= 11 is 6.14. The van der Waals surface area contributed by atoms with E-state index in [9.17, 15) is 0 Å². The molecular formula is C13H14ClNO. The van der Waals surface area contributed by atoms with Crippen LogP contribution in [0.5, 0.6) is 0 Å². The largest absolute Gasteiger partial charge is 0.383 e. The van der Waals surface area contributed by atoms with Gasteiger partial charge >= 0.3 is 0 Å². The summed E-state index contributed by atoms with van der Waals surface area (Å²) in [7, 11) is 1.71. The molecule has 2 nitrogen and oxygen atoms in total. The van der Waals surface area contributed by atoms with Gasteiger partial charge in [-0.05, 0) is 12.1 Å². The van der Waals surface area contributed by atoms with Gasteiger partial charge in [0.1, 0.15) is 0 Å². The molecule has 3 heteroatoms. The molecule has 1 heterocycles. The zero-order valence-corrected chi connectivity index (χ0v) is 9.95. The van der Waals surface area contributed by atoms with Gasteiger partial charge in [0.05, 0.1) is 6.61 Å². The molecule has 16 heavy (non-hydrogen) atoms. The molecule has 0 aliphatic carbocycles. The summed E-state index contributed by atoms with van der Waals surface area (Å²) in [5.41, 5.74) is 2.21. The van der Waals surface area contributed by atoms with Crippen LogP contribution in [-0.4, -0.2) is 18.3 Å². The second kappa shape index (κ2) is 5.19. The highest BCUT2D eigenvalue weighted by atomic mass is 35.5. The summed E-state index contributed by atoms with van der Waals surface area (Å²) in [4.78, 5) is 0. The van der Waals surface area contributed by atoms with Gasteiger partial charge in [0.2, 0.25) is 0 Å². The lowest BCUT2D eigenvalue weighted by Crippen LogP contribution is -2.00. The lowest BCUT2D eigenvalue weighted by Gasteiger charge is -2.02. The third kappa shape index (κ3) is 2.46. The first-order valence-electron chi connectivity index (χ1n) is 5.21. The summed E-state index contributed by atoms with van der Waals surface area (Å²) in [6.45, 7) is 1.58. The number of aromatic nitrogens is 1. The van der Waals surface area contributed by atoms with E-state index in [2.05, 4.69) is 16.8 Å². The van der Waals surface area contributed by atoms with Crippen molar-refractivity contribution < 1.29 is 4.74 Å². The van der Waals surface area contributed by atoms with E-state index < -0.39 is 0 Å². The number of benzene rings is 1. The third-order valence-corrected chi connectivity index (χ3v) is 2.82. The number of methoxy groups -OCH3 is 1. The first kappa shape index (κ1) is 11.2. The normalized spacial score (nSPS) is 10.6. The molecule has 0 saturated carbocycles. The van der Waals surface area contributed by atoms with Crippen molar-refractivity contribution in [1.29, 1.82) is 0 Å². The van der Waals surface area contributed by atoms with E-state index in [1.54, 1.807) is 7.11 Å². The Morgan fingerprint density at radius 2 is 2.06 bits per heavy atom. The molecule has 2 aromatic rings. The van der Waals surface area contributed by atoms with Crippen molar-refractivity contribution in [2.75, 3.05) is 13.7 Å². The van der Waals surface area contributed by atoms with Crippen LogP contribution in [0.2, 0.25) is 5.02 Å². The number of hydrogen-bond acceptors (Lipinski definition) is 1. The molecule has 1 aromatic heterocycles. The minimum Gasteiger partial charge on any atom is -0.383 e. The van der Waals surface area contributed by atoms with E-state index in [1.165, 1.54) is 0 Å². The average Bonchev–Trinajstić information content (AvgIpc) is 2.75. The van der Waals surface area contributed by atoms with Gasteiger partial charge in [0.15, 0.2) is 0 Å². The first-order valence-corrected chi connectivity index (χ1v) is 5.58. The molecule has 0 bridgehead atoms. The van der Waals surface area contributed by atoms with Crippen LogP contribution >= 0.6 is 11.6 Å². The Hall–Kier alpha value is -1.25. The molecule has 0 atom stereocenters. The van der Waals surface area contributed by atoms with Gasteiger partial charge in [-0.3, -0.25) is 0 Å². The van der Waals surface area contributed by atoms with Gasteiger partial charge in [0.25, 0.3) is 0 Å². The predicted molar refractivity (Wildman–Crippen MR) is 66.8 cm³/mol. The maximum atomic E-state index is 6.14. The highest BCUT2D eigenvalue weighted by Crippen LogP contribution is 2.27. The van der Waals surface area contributed by atoms with Crippen LogP contribution in [0.15, 0.2) is 42.7 Å². The highest BCUT2D eigenvalue weighted by Gasteiger charge is 2.03. The van der Waals surface area contributed by atoms with Gasteiger partial charge in [-0.1, -0.05) is 29.8 Å². The summed E-state index contributed by atoms with van der Waals surface area (Å²) < 4.78 is 7.14. The molecule has 0 spiro atoms. The van der Waals surface area contributed by atoms with Crippen LogP contribution in [0, 0.1) is 0 Å². The molecule has 0 unspecified atom stereocenters. The Labute approximate surface area is 100 Å². The van der Waals surface area contributed by atoms with E-state index in [0.717, 1.165) is 29.3 Å². The minimum absolute atomic E-state index is 0.719. The quantitative estimate of drug-likeness (QED) is 0.792. The second-order valence-electron chi connectivity index (χ2n) is 3.61. The standard InChI is InChI=1S/C13H14ClNO/c1-16-9-8-15-7-6-11(10-15)12-4-2-3-5-13(12)14/h2-7,10H,8-9H2,1H3. The smallest absolute Gasteiger partial charge is 0.0641 e. The van der Waals surface area contributed by atoms with Crippen LogP contribution in [0.1, 0.15) is 0 Å². The molecule has 0 saturated heterocycles. The Bertz CT molecular complexity index is 464. The van der Waals surface area contributed by atoms with Crippen LogP contribution < -0.4 is 0 Å². The van der Waals surface area contributed by atoms with Crippen molar-refractivity contribution in [1.82, 2.24) is 4.57 Å². The molecule has 84 valence electrons. The van der Waals surface area contributed by atoms with Gasteiger partial charge in [-0.15, -0.1) is 0 Å². The van der Waals surface area contributed by atoms with E-state index >= 15 is 0 Å². The summed E-state index contributed by atoms with van der Waals surface area (Å²) in [6, 6.07) is 9.93. The van der Waals surface area contributed by atoms with Crippen molar-refractivity contribution in [3.63, 3.8) is 0 Å². The molecule has 0 aliphatic heterocycles. The number of nitrogens with zero attached hydrogens (tertiary/aromatic N) is 1. The van der Waals surface area contributed by atoms with E-state index in [1.807, 2.05) is 30.5 Å². The Morgan fingerprint density at radius 3 is 2.81 bits per heavy atom. The summed E-state index contributed by atoms with van der Waals surface area (Å²) in [6.07, 6.45) is 4.12. The number of halogens is 1. The second-order valence-corrected chi connectivity index (χ2v) is 4.02. The molecule has 0 N–H and O–H groups in total. The van der Waals surface area contributed by atoms with E-state index in [4.69, 9.17) is 16.3 Å². The average molecular weight is 236 g/mol. The Morgan fingerprint density at radius 1 is 1.25 bits per heavy atom. The van der Waals surface area contributed by atoms with E-state index in [0.29, 0.717) is 0 Å². The van der Waals surface area contributed by atoms with Crippen molar-refractivity contribution in [2.45, 2.75) is 6.54 Å². The van der Waals surface area contributed by atoms with Gasteiger partial charge in [-0.25, -0.2) is 0 Å². The number of rotatable bonds is 4. The zero-order valence-electron chi connectivity index (χ0n) is 9.19. The molecule has 0 aliphatic rings.